The number of nitrogens with zero attached hydrogens (tertiary/aromatic N) is 1. The highest BCUT2D eigenvalue weighted by Crippen LogP contribution is 2.19. The summed E-state index contributed by atoms with van der Waals surface area (Å²) in [7, 11) is 0. The Morgan fingerprint density at radius 3 is 2.67 bits per heavy atom. The van der Waals surface area contributed by atoms with Crippen LogP contribution < -0.4 is 11.1 Å². The highest BCUT2D eigenvalue weighted by molar-refractivity contribution is 5.86. The van der Waals surface area contributed by atoms with Crippen LogP contribution in [0, 0.1) is 0 Å². The number of benzene rings is 2. The second kappa shape index (κ2) is 6.61. The molecule has 0 atom stereocenters. The van der Waals surface area contributed by atoms with E-state index in [1.54, 1.807) is 0 Å². The van der Waals surface area contributed by atoms with Crippen molar-refractivity contribution in [3.8, 4) is 0 Å². The first kappa shape index (κ1) is 13.9. The van der Waals surface area contributed by atoms with E-state index in [-0.39, 0.29) is 0 Å². The quantitative estimate of drug-likeness (QED) is 0.667. The van der Waals surface area contributed by atoms with E-state index in [2.05, 4.69) is 52.8 Å². The molecule has 3 N–H and O–H groups in total. The molecule has 2 aromatic rings. The minimum Gasteiger partial charge on any atom is -0.370 e. The molecule has 0 spiro atoms. The molecule has 21 heavy (non-hydrogen) atoms. The van der Waals surface area contributed by atoms with Crippen molar-refractivity contribution >= 4 is 16.7 Å². The Labute approximate surface area is 126 Å². The predicted octanol–water partition coefficient (Wildman–Crippen LogP) is 3.58. The summed E-state index contributed by atoms with van der Waals surface area (Å²) in [5.41, 5.74) is 7.26. The summed E-state index contributed by atoms with van der Waals surface area (Å²) in [4.78, 5) is 4.52. The van der Waals surface area contributed by atoms with Crippen LogP contribution in [-0.2, 0) is 6.54 Å². The Balaban J connectivity index is 1.68. The first-order chi connectivity index (χ1) is 10.3. The molecule has 1 saturated carbocycles. The average molecular weight is 281 g/mol. The Kier molecular flexibility index (Phi) is 4.39. The minimum atomic E-state index is 0.509. The second-order valence-corrected chi connectivity index (χ2v) is 5.82. The van der Waals surface area contributed by atoms with Crippen LogP contribution in [0.2, 0.25) is 0 Å². The number of rotatable bonds is 3. The van der Waals surface area contributed by atoms with Gasteiger partial charge in [-0.1, -0.05) is 61.7 Å². The van der Waals surface area contributed by atoms with Crippen molar-refractivity contribution in [1.29, 1.82) is 0 Å². The van der Waals surface area contributed by atoms with Gasteiger partial charge in [0.25, 0.3) is 0 Å². The summed E-state index contributed by atoms with van der Waals surface area (Å²) < 4.78 is 0. The zero-order valence-corrected chi connectivity index (χ0v) is 12.4. The highest BCUT2D eigenvalue weighted by Gasteiger charge is 2.13. The van der Waals surface area contributed by atoms with E-state index < -0.39 is 0 Å². The van der Waals surface area contributed by atoms with E-state index in [0.717, 1.165) is 0 Å². The zero-order valence-electron chi connectivity index (χ0n) is 12.4. The molecule has 0 radical (unpaired) electrons. The molecule has 0 aromatic heterocycles. The fourth-order valence-corrected chi connectivity index (χ4v) is 3.10. The number of nitrogens with one attached hydrogen (secondary N) is 1. The van der Waals surface area contributed by atoms with E-state index in [9.17, 15) is 0 Å². The number of hydrogen-bond acceptors (Lipinski definition) is 1. The first-order valence-electron chi connectivity index (χ1n) is 7.86. The van der Waals surface area contributed by atoms with Crippen molar-refractivity contribution in [3.05, 3.63) is 48.0 Å². The van der Waals surface area contributed by atoms with Gasteiger partial charge in [0.2, 0.25) is 0 Å². The van der Waals surface area contributed by atoms with Gasteiger partial charge in [-0.05, 0) is 29.2 Å². The average Bonchev–Trinajstić information content (AvgIpc) is 2.54. The normalized spacial score (nSPS) is 17.0. The fraction of sp³-hybridized carbons (Fsp3) is 0.389. The third-order valence-corrected chi connectivity index (χ3v) is 4.26. The molecule has 0 unspecified atom stereocenters. The largest absolute Gasteiger partial charge is 0.370 e. The fourth-order valence-electron chi connectivity index (χ4n) is 3.10. The number of nitrogens with two attached hydrogens (primary N) is 1. The lowest BCUT2D eigenvalue weighted by atomic mass is 9.96. The third-order valence-electron chi connectivity index (χ3n) is 4.26. The lowest BCUT2D eigenvalue weighted by molar-refractivity contribution is 0.412. The number of guanidine groups is 1. The molecule has 0 heterocycles. The molecule has 0 amide bonds. The summed E-state index contributed by atoms with van der Waals surface area (Å²) in [6.45, 7) is 0.632. The number of fused-ring (bicyclic) bond motifs is 1. The van der Waals surface area contributed by atoms with Crippen molar-refractivity contribution in [1.82, 2.24) is 5.32 Å². The van der Waals surface area contributed by atoms with Crippen molar-refractivity contribution in [3.63, 3.8) is 0 Å². The zero-order chi connectivity index (χ0) is 14.5. The van der Waals surface area contributed by atoms with Crippen LogP contribution in [0.15, 0.2) is 47.5 Å². The van der Waals surface area contributed by atoms with Gasteiger partial charge in [0.1, 0.15) is 0 Å². The molecule has 1 fully saturated rings. The molecule has 1 aliphatic carbocycles. The second-order valence-electron chi connectivity index (χ2n) is 5.82. The van der Waals surface area contributed by atoms with Crippen LogP contribution in [0.4, 0.5) is 0 Å². The molecule has 0 bridgehead atoms. The molecule has 3 nitrogen and oxygen atoms in total. The topological polar surface area (TPSA) is 50.4 Å². The number of hydrogen-bond donors (Lipinski definition) is 2. The molecular formula is C18H23N3. The SMILES string of the molecule is NC(=NCc1cccc2ccccc12)NC1CCCCC1. The van der Waals surface area contributed by atoms with Gasteiger partial charge in [-0.25, -0.2) is 4.99 Å². The van der Waals surface area contributed by atoms with Gasteiger partial charge in [-0.3, -0.25) is 0 Å². The van der Waals surface area contributed by atoms with Crippen molar-refractivity contribution in [2.75, 3.05) is 0 Å². The van der Waals surface area contributed by atoms with Crippen LogP contribution in [0.3, 0.4) is 0 Å². The van der Waals surface area contributed by atoms with Gasteiger partial charge >= 0.3 is 0 Å². The van der Waals surface area contributed by atoms with Crippen LogP contribution in [0.25, 0.3) is 10.8 Å². The Bertz CT molecular complexity index is 622. The monoisotopic (exact) mass is 281 g/mol. The predicted molar refractivity (Wildman–Crippen MR) is 89.3 cm³/mol. The number of aliphatic imine (C=N–C) groups is 1. The lowest BCUT2D eigenvalue weighted by Gasteiger charge is -2.23. The van der Waals surface area contributed by atoms with Gasteiger partial charge in [-0.15, -0.1) is 0 Å². The van der Waals surface area contributed by atoms with Gasteiger partial charge in [0.05, 0.1) is 6.54 Å². The van der Waals surface area contributed by atoms with Crippen molar-refractivity contribution < 1.29 is 0 Å². The summed E-state index contributed by atoms with van der Waals surface area (Å²) in [5, 5.41) is 5.88. The van der Waals surface area contributed by atoms with Gasteiger partial charge in [0.15, 0.2) is 5.96 Å². The molecule has 3 rings (SSSR count). The minimum absolute atomic E-state index is 0.509. The van der Waals surface area contributed by atoms with Gasteiger partial charge < -0.3 is 11.1 Å². The van der Waals surface area contributed by atoms with E-state index in [1.165, 1.54) is 48.4 Å². The lowest BCUT2D eigenvalue weighted by Crippen LogP contribution is -2.41. The maximum absolute atomic E-state index is 6.04. The van der Waals surface area contributed by atoms with E-state index in [0.29, 0.717) is 18.5 Å². The third kappa shape index (κ3) is 3.54. The molecule has 110 valence electrons. The summed E-state index contributed by atoms with van der Waals surface area (Å²) >= 11 is 0. The summed E-state index contributed by atoms with van der Waals surface area (Å²) in [5.74, 6) is 0.579. The first-order valence-corrected chi connectivity index (χ1v) is 7.86. The van der Waals surface area contributed by atoms with E-state index >= 15 is 0 Å². The summed E-state index contributed by atoms with van der Waals surface area (Å²) in [6, 6.07) is 15.3. The maximum atomic E-state index is 6.04. The molecule has 1 aliphatic rings. The highest BCUT2D eigenvalue weighted by atomic mass is 15.1. The van der Waals surface area contributed by atoms with Crippen LogP contribution in [-0.4, -0.2) is 12.0 Å². The van der Waals surface area contributed by atoms with E-state index in [1.807, 2.05) is 0 Å². The van der Waals surface area contributed by atoms with Crippen LogP contribution in [0.5, 0.6) is 0 Å². The smallest absolute Gasteiger partial charge is 0.189 e. The van der Waals surface area contributed by atoms with Crippen LogP contribution in [0.1, 0.15) is 37.7 Å². The Morgan fingerprint density at radius 1 is 1.05 bits per heavy atom. The van der Waals surface area contributed by atoms with Crippen LogP contribution >= 0.6 is 0 Å². The summed E-state index contributed by atoms with van der Waals surface area (Å²) in [6.07, 6.45) is 6.38. The molecule has 0 saturated heterocycles. The molecular weight excluding hydrogens is 258 g/mol. The Hall–Kier alpha value is -2.03. The molecule has 0 aliphatic heterocycles. The maximum Gasteiger partial charge on any atom is 0.189 e. The van der Waals surface area contributed by atoms with Crippen molar-refractivity contribution in [2.24, 2.45) is 10.7 Å². The molecule has 3 heteroatoms. The Morgan fingerprint density at radius 2 is 1.81 bits per heavy atom. The van der Waals surface area contributed by atoms with Gasteiger partial charge in [-0.2, -0.15) is 0 Å². The molecule has 2 aromatic carbocycles. The van der Waals surface area contributed by atoms with E-state index in [4.69, 9.17) is 5.73 Å². The standard InChI is InChI=1S/C18H23N3/c19-18(21-16-10-2-1-3-11-16)20-13-15-9-6-8-14-7-4-5-12-17(14)15/h4-9,12,16H,1-3,10-11,13H2,(H3,19,20,21). The van der Waals surface area contributed by atoms with Crippen molar-refractivity contribution in [2.45, 2.75) is 44.7 Å². The van der Waals surface area contributed by atoms with Gasteiger partial charge in [0, 0.05) is 6.04 Å².